The predicted octanol–water partition coefficient (Wildman–Crippen LogP) is 4.28. The Balaban J connectivity index is 1.71. The van der Waals surface area contributed by atoms with Crippen LogP contribution in [0.15, 0.2) is 30.3 Å². The minimum absolute atomic E-state index is 0.0478. The first-order valence-corrected chi connectivity index (χ1v) is 8.43. The van der Waals surface area contributed by atoms with Gasteiger partial charge in [0.05, 0.1) is 0 Å². The monoisotopic (exact) mass is 302 g/mol. The van der Waals surface area contributed by atoms with Gasteiger partial charge in [0, 0.05) is 12.5 Å². The Labute approximate surface area is 133 Å². The first-order valence-electron chi connectivity index (χ1n) is 8.43. The van der Waals surface area contributed by atoms with Gasteiger partial charge in [0.1, 0.15) is 6.10 Å². The van der Waals surface area contributed by atoms with Gasteiger partial charge in [0.25, 0.3) is 0 Å². The van der Waals surface area contributed by atoms with Crippen LogP contribution in [0.25, 0.3) is 0 Å². The summed E-state index contributed by atoms with van der Waals surface area (Å²) >= 11 is 0. The first kappa shape index (κ1) is 15.5. The molecule has 0 aromatic heterocycles. The van der Waals surface area contributed by atoms with E-state index < -0.39 is 6.10 Å². The molecule has 2 aliphatic rings. The highest BCUT2D eigenvalue weighted by molar-refractivity contribution is 5.76. The van der Waals surface area contributed by atoms with Gasteiger partial charge in [-0.15, -0.1) is 0 Å². The Bertz CT molecular complexity index is 513. The second kappa shape index (κ2) is 6.41. The largest absolute Gasteiger partial charge is 0.460 e. The van der Waals surface area contributed by atoms with E-state index in [0.29, 0.717) is 0 Å². The summed E-state index contributed by atoms with van der Waals surface area (Å²) < 4.78 is 11.3. The summed E-state index contributed by atoms with van der Waals surface area (Å²) in [5.41, 5.74) is 1.03. The van der Waals surface area contributed by atoms with Crippen molar-refractivity contribution in [2.24, 2.45) is 11.3 Å². The van der Waals surface area contributed by atoms with E-state index in [9.17, 15) is 4.79 Å². The number of hydrogen-bond donors (Lipinski definition) is 0. The Hall–Kier alpha value is -1.35. The summed E-state index contributed by atoms with van der Waals surface area (Å²) in [6, 6.07) is 9.60. The number of fused-ring (bicyclic) bond motifs is 1. The molecule has 2 aliphatic carbocycles. The van der Waals surface area contributed by atoms with Crippen molar-refractivity contribution in [3.8, 4) is 0 Å². The predicted molar refractivity (Wildman–Crippen MR) is 85.4 cm³/mol. The third kappa shape index (κ3) is 2.79. The zero-order valence-corrected chi connectivity index (χ0v) is 13.6. The van der Waals surface area contributed by atoms with Crippen LogP contribution in [0, 0.1) is 11.3 Å². The lowest BCUT2D eigenvalue weighted by atomic mass is 9.68. The second-order valence-corrected chi connectivity index (χ2v) is 6.98. The zero-order chi connectivity index (χ0) is 15.6. The minimum atomic E-state index is -0.618. The van der Waals surface area contributed by atoms with E-state index in [1.165, 1.54) is 32.1 Å². The van der Waals surface area contributed by atoms with E-state index in [1.54, 1.807) is 7.11 Å². The molecule has 0 N–H and O–H groups in total. The second-order valence-electron chi connectivity index (χ2n) is 6.98. The maximum Gasteiger partial charge on any atom is 0.340 e. The maximum absolute atomic E-state index is 12.6. The van der Waals surface area contributed by atoms with Crippen LogP contribution in [0.2, 0.25) is 0 Å². The topological polar surface area (TPSA) is 35.5 Å². The van der Waals surface area contributed by atoms with Crippen LogP contribution in [0.1, 0.15) is 57.1 Å². The zero-order valence-electron chi connectivity index (χ0n) is 13.6. The summed E-state index contributed by atoms with van der Waals surface area (Å²) in [7, 11) is 1.57. The Morgan fingerprint density at radius 2 is 1.95 bits per heavy atom. The quantitative estimate of drug-likeness (QED) is 0.779. The summed E-state index contributed by atoms with van der Waals surface area (Å²) in [5.74, 6) is 0.475. The lowest BCUT2D eigenvalue weighted by Gasteiger charge is -2.40. The number of benzene rings is 1. The van der Waals surface area contributed by atoms with Crippen molar-refractivity contribution in [2.75, 3.05) is 7.11 Å². The van der Waals surface area contributed by atoms with Gasteiger partial charge in [0.2, 0.25) is 0 Å². The van der Waals surface area contributed by atoms with Crippen LogP contribution in [0.5, 0.6) is 0 Å². The van der Waals surface area contributed by atoms with Crippen molar-refractivity contribution in [1.29, 1.82) is 0 Å². The summed E-state index contributed by atoms with van der Waals surface area (Å²) in [6.45, 7) is 2.31. The molecule has 1 aromatic carbocycles. The van der Waals surface area contributed by atoms with E-state index in [0.717, 1.165) is 17.9 Å². The first-order chi connectivity index (χ1) is 10.6. The molecule has 0 radical (unpaired) electrons. The SMILES string of the molecule is CO[C@H](C(=O)O[C@@H]1CC[C@@H]2CCCC[C@]21C)c1ccccc1. The van der Waals surface area contributed by atoms with Crippen molar-refractivity contribution in [2.45, 2.75) is 57.7 Å². The van der Waals surface area contributed by atoms with Crippen molar-refractivity contribution < 1.29 is 14.3 Å². The fraction of sp³-hybridized carbons (Fsp3) is 0.632. The molecule has 120 valence electrons. The van der Waals surface area contributed by atoms with Crippen molar-refractivity contribution in [3.63, 3.8) is 0 Å². The van der Waals surface area contributed by atoms with Gasteiger partial charge in [-0.2, -0.15) is 0 Å². The highest BCUT2D eigenvalue weighted by atomic mass is 16.6. The number of carbonyl (C=O) groups excluding carboxylic acids is 1. The molecule has 0 heterocycles. The molecule has 0 spiro atoms. The highest BCUT2D eigenvalue weighted by Gasteiger charge is 2.49. The van der Waals surface area contributed by atoms with Gasteiger partial charge in [-0.3, -0.25) is 0 Å². The molecule has 3 rings (SSSR count). The fourth-order valence-electron chi connectivity index (χ4n) is 4.40. The Kier molecular flexibility index (Phi) is 4.53. The van der Waals surface area contributed by atoms with Crippen molar-refractivity contribution in [1.82, 2.24) is 0 Å². The van der Waals surface area contributed by atoms with Crippen LogP contribution < -0.4 is 0 Å². The van der Waals surface area contributed by atoms with E-state index in [-0.39, 0.29) is 17.5 Å². The lowest BCUT2D eigenvalue weighted by molar-refractivity contribution is -0.168. The van der Waals surface area contributed by atoms with Gasteiger partial charge in [-0.05, 0) is 37.2 Å². The number of carbonyl (C=O) groups is 1. The van der Waals surface area contributed by atoms with Crippen molar-refractivity contribution >= 4 is 5.97 Å². The summed E-state index contributed by atoms with van der Waals surface area (Å²) in [4.78, 5) is 12.6. The van der Waals surface area contributed by atoms with E-state index in [2.05, 4.69) is 6.92 Å². The number of rotatable bonds is 4. The molecule has 1 aromatic rings. The van der Waals surface area contributed by atoms with Crippen LogP contribution in [-0.4, -0.2) is 19.2 Å². The standard InChI is InChI=1S/C19H26O3/c1-19-13-7-6-10-15(19)11-12-16(19)22-18(20)17(21-2)14-8-4-3-5-9-14/h3-5,8-9,15-17H,6-7,10-13H2,1-2H3/t15-,16+,17-,19+/m0/s1. The number of esters is 1. The molecule has 0 amide bonds. The fourth-order valence-corrected chi connectivity index (χ4v) is 4.40. The summed E-state index contributed by atoms with van der Waals surface area (Å²) in [5, 5.41) is 0. The van der Waals surface area contributed by atoms with E-state index in [1.807, 2.05) is 30.3 Å². The molecule has 4 atom stereocenters. The minimum Gasteiger partial charge on any atom is -0.460 e. The molecule has 22 heavy (non-hydrogen) atoms. The third-order valence-corrected chi connectivity index (χ3v) is 5.77. The molecule has 3 nitrogen and oxygen atoms in total. The number of ether oxygens (including phenoxy) is 2. The lowest BCUT2D eigenvalue weighted by Crippen LogP contribution is -2.38. The summed E-state index contributed by atoms with van der Waals surface area (Å²) in [6.07, 6.45) is 6.67. The average Bonchev–Trinajstić information content (AvgIpc) is 2.86. The van der Waals surface area contributed by atoms with Crippen molar-refractivity contribution in [3.05, 3.63) is 35.9 Å². The number of hydrogen-bond acceptors (Lipinski definition) is 3. The average molecular weight is 302 g/mol. The maximum atomic E-state index is 12.6. The van der Waals surface area contributed by atoms with E-state index in [4.69, 9.17) is 9.47 Å². The van der Waals surface area contributed by atoms with E-state index >= 15 is 0 Å². The van der Waals surface area contributed by atoms with Gasteiger partial charge in [-0.1, -0.05) is 50.1 Å². The Morgan fingerprint density at radius 1 is 1.18 bits per heavy atom. The van der Waals surface area contributed by atoms with Gasteiger partial charge >= 0.3 is 5.97 Å². The normalized spacial score (nSPS) is 32.3. The highest BCUT2D eigenvalue weighted by Crippen LogP contribution is 2.53. The van der Waals surface area contributed by atoms with Gasteiger partial charge in [-0.25, -0.2) is 4.79 Å². The molecule has 0 bridgehead atoms. The third-order valence-electron chi connectivity index (χ3n) is 5.77. The van der Waals surface area contributed by atoms with Crippen LogP contribution >= 0.6 is 0 Å². The number of methoxy groups -OCH3 is 1. The molecule has 0 saturated heterocycles. The van der Waals surface area contributed by atoms with Crippen LogP contribution in [-0.2, 0) is 14.3 Å². The molecule has 2 fully saturated rings. The molecular formula is C19H26O3. The Morgan fingerprint density at radius 3 is 2.68 bits per heavy atom. The smallest absolute Gasteiger partial charge is 0.340 e. The van der Waals surface area contributed by atoms with Crippen LogP contribution in [0.4, 0.5) is 0 Å². The molecule has 0 unspecified atom stereocenters. The van der Waals surface area contributed by atoms with Gasteiger partial charge < -0.3 is 9.47 Å². The molecule has 2 saturated carbocycles. The molecule has 3 heteroatoms. The van der Waals surface area contributed by atoms with Gasteiger partial charge in [0.15, 0.2) is 6.10 Å². The molecular weight excluding hydrogens is 276 g/mol. The molecule has 0 aliphatic heterocycles. The van der Waals surface area contributed by atoms with Crippen LogP contribution in [0.3, 0.4) is 0 Å².